The van der Waals surface area contributed by atoms with E-state index in [1.807, 2.05) is 0 Å². The Balaban J connectivity index is 2.26. The second kappa shape index (κ2) is 5.49. The molecule has 0 aliphatic heterocycles. The van der Waals surface area contributed by atoms with Gasteiger partial charge in [-0.25, -0.2) is 4.39 Å². The number of benzene rings is 1. The van der Waals surface area contributed by atoms with Crippen molar-refractivity contribution >= 4 is 0 Å². The Bertz CT molecular complexity index is 570. The van der Waals surface area contributed by atoms with Crippen LogP contribution >= 0.6 is 0 Å². The zero-order chi connectivity index (χ0) is 14.0. The first kappa shape index (κ1) is 13.7. The Labute approximate surface area is 113 Å². The summed E-state index contributed by atoms with van der Waals surface area (Å²) in [5, 5.41) is 0. The first-order chi connectivity index (χ1) is 8.97. The van der Waals surface area contributed by atoms with E-state index in [4.69, 9.17) is 5.73 Å². The van der Waals surface area contributed by atoms with E-state index in [1.165, 1.54) is 34.5 Å². The minimum absolute atomic E-state index is 0.233. The van der Waals surface area contributed by atoms with Crippen molar-refractivity contribution in [1.29, 1.82) is 0 Å². The van der Waals surface area contributed by atoms with Gasteiger partial charge in [-0.3, -0.25) is 4.98 Å². The normalized spacial score (nSPS) is 12.5. The third-order valence-corrected chi connectivity index (χ3v) is 3.42. The highest BCUT2D eigenvalue weighted by atomic mass is 19.1. The summed E-state index contributed by atoms with van der Waals surface area (Å²) in [5.41, 5.74) is 11.9. The molecule has 1 aromatic carbocycles. The molecule has 2 nitrogen and oxygen atoms in total. The van der Waals surface area contributed by atoms with Gasteiger partial charge in [-0.05, 0) is 55.5 Å². The molecule has 0 bridgehead atoms. The predicted molar refractivity (Wildman–Crippen MR) is 75.5 cm³/mol. The summed E-state index contributed by atoms with van der Waals surface area (Å²) in [7, 11) is 0. The van der Waals surface area contributed by atoms with Gasteiger partial charge < -0.3 is 5.73 Å². The van der Waals surface area contributed by atoms with Gasteiger partial charge in [0.2, 0.25) is 0 Å². The maximum absolute atomic E-state index is 13.2. The largest absolute Gasteiger partial charge is 0.324 e. The Hall–Kier alpha value is -1.74. The number of hydrogen-bond donors (Lipinski definition) is 1. The smallest absolute Gasteiger partial charge is 0.141 e. The maximum Gasteiger partial charge on any atom is 0.141 e. The van der Waals surface area contributed by atoms with Crippen LogP contribution in [-0.2, 0) is 6.42 Å². The summed E-state index contributed by atoms with van der Waals surface area (Å²) >= 11 is 0. The van der Waals surface area contributed by atoms with Crippen LogP contribution < -0.4 is 5.73 Å². The van der Waals surface area contributed by atoms with E-state index in [0.717, 1.165) is 5.56 Å². The van der Waals surface area contributed by atoms with Crippen LogP contribution in [0.5, 0.6) is 0 Å². The number of aromatic nitrogens is 1. The fourth-order valence-corrected chi connectivity index (χ4v) is 2.50. The van der Waals surface area contributed by atoms with E-state index in [1.54, 1.807) is 6.20 Å². The lowest BCUT2D eigenvalue weighted by atomic mass is 9.92. The van der Waals surface area contributed by atoms with E-state index in [2.05, 4.69) is 37.9 Å². The molecular formula is C16H19FN2. The van der Waals surface area contributed by atoms with Crippen molar-refractivity contribution in [3.8, 4) is 0 Å². The van der Waals surface area contributed by atoms with Crippen molar-refractivity contribution in [2.24, 2.45) is 5.73 Å². The van der Waals surface area contributed by atoms with Gasteiger partial charge in [0.15, 0.2) is 0 Å². The summed E-state index contributed by atoms with van der Waals surface area (Å²) < 4.78 is 13.2. The molecule has 0 saturated carbocycles. The van der Waals surface area contributed by atoms with Crippen LogP contribution in [0.15, 0.2) is 30.6 Å². The van der Waals surface area contributed by atoms with E-state index >= 15 is 0 Å². The summed E-state index contributed by atoms with van der Waals surface area (Å²) in [6.45, 7) is 6.26. The van der Waals surface area contributed by atoms with Gasteiger partial charge in [-0.2, -0.15) is 0 Å². The summed E-state index contributed by atoms with van der Waals surface area (Å²) in [6, 6.07) is 5.53. The van der Waals surface area contributed by atoms with Crippen LogP contribution in [0.3, 0.4) is 0 Å². The van der Waals surface area contributed by atoms with E-state index in [0.29, 0.717) is 6.42 Å². The third-order valence-electron chi connectivity index (χ3n) is 3.42. The first-order valence-electron chi connectivity index (χ1n) is 6.40. The molecule has 0 radical (unpaired) electrons. The SMILES string of the molecule is Cc1cc(C)c(CC(N)c2cncc(F)c2)c(C)c1. The Morgan fingerprint density at radius 2 is 1.74 bits per heavy atom. The number of rotatable bonds is 3. The first-order valence-corrected chi connectivity index (χ1v) is 6.40. The summed E-state index contributed by atoms with van der Waals surface area (Å²) in [5.74, 6) is -0.342. The van der Waals surface area contributed by atoms with Gasteiger partial charge in [0.1, 0.15) is 5.82 Å². The van der Waals surface area contributed by atoms with E-state index in [-0.39, 0.29) is 11.9 Å². The highest BCUT2D eigenvalue weighted by molar-refractivity contribution is 5.38. The van der Waals surface area contributed by atoms with Crippen molar-refractivity contribution < 1.29 is 4.39 Å². The van der Waals surface area contributed by atoms with Crippen molar-refractivity contribution in [1.82, 2.24) is 4.98 Å². The molecule has 0 aliphatic carbocycles. The number of aryl methyl sites for hydroxylation is 3. The lowest BCUT2D eigenvalue weighted by molar-refractivity contribution is 0.610. The molecule has 1 atom stereocenters. The molecule has 2 rings (SSSR count). The summed E-state index contributed by atoms with van der Waals surface area (Å²) in [4.78, 5) is 3.85. The van der Waals surface area contributed by atoms with E-state index < -0.39 is 0 Å². The zero-order valence-electron chi connectivity index (χ0n) is 11.6. The molecule has 100 valence electrons. The minimum atomic E-state index is -0.342. The highest BCUT2D eigenvalue weighted by Crippen LogP contribution is 2.22. The number of nitrogens with zero attached hydrogens (tertiary/aromatic N) is 1. The van der Waals surface area contributed by atoms with Crippen molar-refractivity contribution in [2.45, 2.75) is 33.2 Å². The van der Waals surface area contributed by atoms with Crippen molar-refractivity contribution in [2.75, 3.05) is 0 Å². The van der Waals surface area contributed by atoms with Gasteiger partial charge in [0.25, 0.3) is 0 Å². The van der Waals surface area contributed by atoms with Gasteiger partial charge in [0, 0.05) is 12.2 Å². The molecule has 2 aromatic rings. The fourth-order valence-electron chi connectivity index (χ4n) is 2.50. The number of halogens is 1. The van der Waals surface area contributed by atoms with Crippen LogP contribution in [0.25, 0.3) is 0 Å². The lowest BCUT2D eigenvalue weighted by Gasteiger charge is -2.16. The lowest BCUT2D eigenvalue weighted by Crippen LogP contribution is -2.15. The molecular weight excluding hydrogens is 239 g/mol. The Morgan fingerprint density at radius 3 is 2.32 bits per heavy atom. The Morgan fingerprint density at radius 1 is 1.11 bits per heavy atom. The molecule has 1 heterocycles. The number of pyridine rings is 1. The van der Waals surface area contributed by atoms with Crippen LogP contribution in [-0.4, -0.2) is 4.98 Å². The topological polar surface area (TPSA) is 38.9 Å². The van der Waals surface area contributed by atoms with Gasteiger partial charge in [-0.15, -0.1) is 0 Å². The second-order valence-electron chi connectivity index (χ2n) is 5.12. The van der Waals surface area contributed by atoms with Crippen LogP contribution in [0.4, 0.5) is 4.39 Å². The molecule has 19 heavy (non-hydrogen) atoms. The molecule has 0 aliphatic rings. The Kier molecular flexibility index (Phi) is 3.96. The fraction of sp³-hybridized carbons (Fsp3) is 0.312. The molecule has 0 fully saturated rings. The molecule has 2 N–H and O–H groups in total. The van der Waals surface area contributed by atoms with Gasteiger partial charge >= 0.3 is 0 Å². The second-order valence-corrected chi connectivity index (χ2v) is 5.12. The number of nitrogens with two attached hydrogens (primary N) is 1. The van der Waals surface area contributed by atoms with Crippen molar-refractivity contribution in [3.63, 3.8) is 0 Å². The average Bonchev–Trinajstić information content (AvgIpc) is 2.33. The molecule has 3 heteroatoms. The predicted octanol–water partition coefficient (Wildman–Crippen LogP) is 3.39. The van der Waals surface area contributed by atoms with E-state index in [9.17, 15) is 4.39 Å². The number of hydrogen-bond acceptors (Lipinski definition) is 2. The van der Waals surface area contributed by atoms with Crippen molar-refractivity contribution in [3.05, 3.63) is 64.2 Å². The molecule has 0 saturated heterocycles. The monoisotopic (exact) mass is 258 g/mol. The molecule has 0 amide bonds. The van der Waals surface area contributed by atoms with Crippen LogP contribution in [0, 0.1) is 26.6 Å². The van der Waals surface area contributed by atoms with Crippen LogP contribution in [0.1, 0.15) is 33.9 Å². The highest BCUT2D eigenvalue weighted by Gasteiger charge is 2.12. The summed E-state index contributed by atoms with van der Waals surface area (Å²) in [6.07, 6.45) is 3.52. The third kappa shape index (κ3) is 3.18. The molecule has 1 unspecified atom stereocenters. The molecule has 1 aromatic heterocycles. The quantitative estimate of drug-likeness (QED) is 0.916. The standard InChI is InChI=1S/C16H19FN2/c1-10-4-11(2)15(12(3)5-10)7-16(18)13-6-14(17)9-19-8-13/h4-6,8-9,16H,7,18H2,1-3H3. The molecule has 0 spiro atoms. The average molecular weight is 258 g/mol. The zero-order valence-corrected chi connectivity index (χ0v) is 11.6. The van der Waals surface area contributed by atoms with Crippen LogP contribution in [0.2, 0.25) is 0 Å². The van der Waals surface area contributed by atoms with Gasteiger partial charge in [0.05, 0.1) is 6.20 Å². The minimum Gasteiger partial charge on any atom is -0.324 e. The van der Waals surface area contributed by atoms with Gasteiger partial charge in [-0.1, -0.05) is 17.7 Å². The maximum atomic E-state index is 13.2.